The predicted octanol–water partition coefficient (Wildman–Crippen LogP) is 4.68. The predicted molar refractivity (Wildman–Crippen MR) is 102 cm³/mol. The van der Waals surface area contributed by atoms with Crippen LogP contribution in [-0.4, -0.2) is 18.8 Å². The zero-order chi connectivity index (χ0) is 18.3. The van der Waals surface area contributed by atoms with Gasteiger partial charge in [0.15, 0.2) is 0 Å². The maximum atomic E-state index is 13.8. The molecule has 3 heteroatoms. The van der Waals surface area contributed by atoms with Gasteiger partial charge < -0.3 is 10.1 Å². The molecule has 0 spiro atoms. The van der Waals surface area contributed by atoms with Crippen LogP contribution in [-0.2, 0) is 11.3 Å². The lowest BCUT2D eigenvalue weighted by atomic mass is 9.67. The topological polar surface area (TPSA) is 25.8 Å². The van der Waals surface area contributed by atoms with Gasteiger partial charge in [-0.2, -0.15) is 0 Å². The van der Waals surface area contributed by atoms with Crippen molar-refractivity contribution in [2.45, 2.75) is 78.4 Å². The molecule has 0 aromatic heterocycles. The van der Waals surface area contributed by atoms with E-state index in [4.69, 9.17) is 4.74 Å². The van der Waals surface area contributed by atoms with Crippen molar-refractivity contribution in [3.63, 3.8) is 0 Å². The number of hydrogen-bond acceptors (Lipinski definition) is 1. The molecule has 1 aliphatic rings. The molecular weight excluding hydrogens is 313 g/mol. The molecule has 0 bridgehead atoms. The lowest BCUT2D eigenvalue weighted by Crippen LogP contribution is -2.83. The smallest absolute Gasteiger partial charge is 0.132 e. The summed E-state index contributed by atoms with van der Waals surface area (Å²) in [5.74, 6) is 0.660. The number of nitrogens with two attached hydrogens (primary N) is 1. The van der Waals surface area contributed by atoms with Gasteiger partial charge in [0.05, 0.1) is 12.1 Å². The van der Waals surface area contributed by atoms with Crippen molar-refractivity contribution < 1.29 is 14.4 Å². The average Bonchev–Trinajstić information content (AvgIpc) is 2.59. The molecule has 1 aromatic carbocycles. The minimum atomic E-state index is -0.0853. The van der Waals surface area contributed by atoms with E-state index in [2.05, 4.69) is 33.0 Å². The van der Waals surface area contributed by atoms with Gasteiger partial charge >= 0.3 is 0 Å². The van der Waals surface area contributed by atoms with Gasteiger partial charge in [-0.3, -0.25) is 0 Å². The Morgan fingerprint density at radius 2 is 2.00 bits per heavy atom. The largest absolute Gasteiger partial charge is 0.375 e. The molecule has 1 heterocycles. The summed E-state index contributed by atoms with van der Waals surface area (Å²) in [5, 5.41) is 2.27. The molecular formula is C22H37FNO+. The molecule has 0 saturated carbocycles. The quantitative estimate of drug-likeness (QED) is 0.643. The Bertz CT molecular complexity index is 533. The van der Waals surface area contributed by atoms with Gasteiger partial charge in [0.2, 0.25) is 0 Å². The van der Waals surface area contributed by atoms with Gasteiger partial charge in [-0.25, -0.2) is 4.39 Å². The third-order valence-electron chi connectivity index (χ3n) is 6.03. The molecule has 0 unspecified atom stereocenters. The highest BCUT2D eigenvalue weighted by Gasteiger charge is 2.42. The Morgan fingerprint density at radius 3 is 2.68 bits per heavy atom. The molecule has 142 valence electrons. The van der Waals surface area contributed by atoms with Crippen molar-refractivity contribution in [2.24, 2.45) is 11.3 Å². The number of rotatable bonds is 9. The van der Waals surface area contributed by atoms with Crippen molar-refractivity contribution >= 4 is 0 Å². The Balaban J connectivity index is 1.93. The van der Waals surface area contributed by atoms with Crippen LogP contribution in [0.1, 0.15) is 71.8 Å². The van der Waals surface area contributed by atoms with Crippen molar-refractivity contribution in [3.05, 3.63) is 35.6 Å². The molecule has 0 aliphatic carbocycles. The van der Waals surface area contributed by atoms with E-state index in [9.17, 15) is 4.39 Å². The second-order valence-corrected chi connectivity index (χ2v) is 8.63. The zero-order valence-corrected chi connectivity index (χ0v) is 16.6. The summed E-state index contributed by atoms with van der Waals surface area (Å²) in [4.78, 5) is 0. The van der Waals surface area contributed by atoms with E-state index in [-0.39, 0.29) is 11.4 Å². The first-order valence-electron chi connectivity index (χ1n) is 10.1. The van der Waals surface area contributed by atoms with Gasteiger partial charge in [0.1, 0.15) is 12.4 Å². The molecule has 2 rings (SSSR count). The molecule has 1 fully saturated rings. The summed E-state index contributed by atoms with van der Waals surface area (Å²) in [6.07, 6.45) is 7.19. The highest BCUT2D eigenvalue weighted by molar-refractivity contribution is 5.15. The maximum Gasteiger partial charge on any atom is 0.132 e. The molecule has 25 heavy (non-hydrogen) atoms. The number of quaternary nitrogens is 1. The van der Waals surface area contributed by atoms with Crippen molar-refractivity contribution in [1.82, 2.24) is 0 Å². The average molecular weight is 351 g/mol. The molecule has 0 amide bonds. The molecule has 2 nitrogen and oxygen atoms in total. The normalized spacial score (nSPS) is 27.0. The summed E-state index contributed by atoms with van der Waals surface area (Å²) in [6.45, 7) is 11.8. The van der Waals surface area contributed by atoms with E-state index in [1.165, 1.54) is 25.7 Å². The number of halogens is 1. The SMILES string of the molecule is CC[C@]1(C)C[C@](CC[NH2+]Cc2ccccc2F)(CCC(C)C)CCO1. The van der Waals surface area contributed by atoms with E-state index >= 15 is 0 Å². The number of benzene rings is 1. The van der Waals surface area contributed by atoms with Crippen LogP contribution in [0, 0.1) is 17.2 Å². The van der Waals surface area contributed by atoms with Crippen LogP contribution in [0.25, 0.3) is 0 Å². The monoisotopic (exact) mass is 350 g/mol. The first-order valence-corrected chi connectivity index (χ1v) is 10.1. The van der Waals surface area contributed by atoms with Crippen molar-refractivity contribution in [2.75, 3.05) is 13.2 Å². The third-order valence-corrected chi connectivity index (χ3v) is 6.03. The van der Waals surface area contributed by atoms with Gasteiger partial charge in [-0.05, 0) is 50.0 Å². The van der Waals surface area contributed by atoms with E-state index in [1.807, 2.05) is 12.1 Å². The van der Waals surface area contributed by atoms with Crippen LogP contribution < -0.4 is 5.32 Å². The van der Waals surface area contributed by atoms with Crippen LogP contribution >= 0.6 is 0 Å². The molecule has 2 atom stereocenters. The van der Waals surface area contributed by atoms with Crippen LogP contribution in [0.4, 0.5) is 4.39 Å². The summed E-state index contributed by atoms with van der Waals surface area (Å²) in [5.41, 5.74) is 1.23. The molecule has 0 radical (unpaired) electrons. The molecule has 1 saturated heterocycles. The van der Waals surface area contributed by atoms with Gasteiger partial charge in [0.25, 0.3) is 0 Å². The lowest BCUT2D eigenvalue weighted by molar-refractivity contribution is -0.672. The van der Waals surface area contributed by atoms with Gasteiger partial charge in [0, 0.05) is 18.6 Å². The summed E-state index contributed by atoms with van der Waals surface area (Å²) < 4.78 is 19.9. The Morgan fingerprint density at radius 1 is 1.24 bits per heavy atom. The van der Waals surface area contributed by atoms with Crippen LogP contribution in [0.5, 0.6) is 0 Å². The molecule has 1 aromatic rings. The Labute approximate surface area is 153 Å². The first kappa shape index (κ1) is 20.4. The van der Waals surface area contributed by atoms with E-state index in [1.54, 1.807) is 12.1 Å². The number of hydrogen-bond donors (Lipinski definition) is 1. The van der Waals surface area contributed by atoms with Crippen LogP contribution in [0.2, 0.25) is 0 Å². The Hall–Kier alpha value is -0.930. The highest BCUT2D eigenvalue weighted by atomic mass is 19.1. The minimum Gasteiger partial charge on any atom is -0.375 e. The second-order valence-electron chi connectivity index (χ2n) is 8.63. The Kier molecular flexibility index (Phi) is 7.45. The van der Waals surface area contributed by atoms with E-state index in [0.29, 0.717) is 5.41 Å². The summed E-state index contributed by atoms with van der Waals surface area (Å²) >= 11 is 0. The van der Waals surface area contributed by atoms with E-state index < -0.39 is 0 Å². The first-order chi connectivity index (χ1) is 11.9. The number of ether oxygens (including phenoxy) is 1. The minimum absolute atomic E-state index is 0.0285. The molecule has 2 N–H and O–H groups in total. The fourth-order valence-corrected chi connectivity index (χ4v) is 4.15. The van der Waals surface area contributed by atoms with Crippen LogP contribution in [0.15, 0.2) is 24.3 Å². The summed E-state index contributed by atoms with van der Waals surface area (Å²) in [7, 11) is 0. The van der Waals surface area contributed by atoms with Crippen molar-refractivity contribution in [1.29, 1.82) is 0 Å². The maximum absolute atomic E-state index is 13.8. The highest BCUT2D eigenvalue weighted by Crippen LogP contribution is 2.46. The summed E-state index contributed by atoms with van der Waals surface area (Å²) in [6, 6.07) is 7.12. The fraction of sp³-hybridized carbons (Fsp3) is 0.727. The van der Waals surface area contributed by atoms with Crippen molar-refractivity contribution in [3.8, 4) is 0 Å². The second kappa shape index (κ2) is 9.14. The lowest BCUT2D eigenvalue weighted by Gasteiger charge is -2.46. The van der Waals surface area contributed by atoms with Gasteiger partial charge in [-0.1, -0.05) is 45.4 Å². The van der Waals surface area contributed by atoms with Gasteiger partial charge in [-0.15, -0.1) is 0 Å². The van der Waals surface area contributed by atoms with Crippen LogP contribution in [0.3, 0.4) is 0 Å². The fourth-order valence-electron chi connectivity index (χ4n) is 4.15. The standard InChI is InChI=1S/C22H36FNO/c1-5-21(4)17-22(13-15-25-21,11-10-18(2)3)12-14-24-16-19-8-6-7-9-20(19)23/h6-9,18,24H,5,10-17H2,1-4H3/p+1/t21-,22+/m1/s1. The third kappa shape index (κ3) is 6.07. The molecule has 1 aliphatic heterocycles. The van der Waals surface area contributed by atoms with E-state index in [0.717, 1.165) is 44.0 Å². The zero-order valence-electron chi connectivity index (χ0n) is 16.6.